The van der Waals surface area contributed by atoms with Gasteiger partial charge in [0.15, 0.2) is 11.5 Å². The zero-order valence-corrected chi connectivity index (χ0v) is 15.4. The summed E-state index contributed by atoms with van der Waals surface area (Å²) in [7, 11) is 1.50. The van der Waals surface area contributed by atoms with Crippen molar-refractivity contribution >= 4 is 17.5 Å². The number of ether oxygens (including phenoxy) is 1. The molecule has 0 aromatic heterocycles. The van der Waals surface area contributed by atoms with Crippen molar-refractivity contribution in [2.24, 2.45) is 0 Å². The van der Waals surface area contributed by atoms with Crippen LogP contribution in [-0.4, -0.2) is 35.5 Å². The Morgan fingerprint density at radius 3 is 2.63 bits per heavy atom. The van der Waals surface area contributed by atoms with E-state index in [1.807, 2.05) is 6.92 Å². The lowest BCUT2D eigenvalue weighted by Gasteiger charge is -2.35. The van der Waals surface area contributed by atoms with Crippen molar-refractivity contribution in [2.75, 3.05) is 19.0 Å². The SMILES string of the molecule is C=CC(=O)Nc1ccc(C(=O)N2CCc3cc(O)c(OC)cc3C2C)cc1. The van der Waals surface area contributed by atoms with E-state index in [-0.39, 0.29) is 23.6 Å². The summed E-state index contributed by atoms with van der Waals surface area (Å²) in [6.45, 7) is 5.94. The van der Waals surface area contributed by atoms with Crippen LogP contribution in [0.5, 0.6) is 11.5 Å². The second-order valence-corrected chi connectivity index (χ2v) is 6.42. The summed E-state index contributed by atoms with van der Waals surface area (Å²) in [5.74, 6) is 0.131. The highest BCUT2D eigenvalue weighted by Crippen LogP contribution is 2.37. The van der Waals surface area contributed by atoms with Crippen molar-refractivity contribution in [3.8, 4) is 11.5 Å². The molecule has 1 aliphatic rings. The number of carbonyl (C=O) groups excluding carboxylic acids is 2. The third-order valence-electron chi connectivity index (χ3n) is 4.83. The highest BCUT2D eigenvalue weighted by molar-refractivity contribution is 5.99. The topological polar surface area (TPSA) is 78.9 Å². The molecular weight excluding hydrogens is 344 g/mol. The zero-order chi connectivity index (χ0) is 19.6. The van der Waals surface area contributed by atoms with Gasteiger partial charge in [-0.2, -0.15) is 0 Å². The number of aromatic hydroxyl groups is 1. The predicted molar refractivity (Wildman–Crippen MR) is 103 cm³/mol. The van der Waals surface area contributed by atoms with Crippen LogP contribution in [0, 0.1) is 0 Å². The Morgan fingerprint density at radius 2 is 2.00 bits per heavy atom. The standard InChI is InChI=1S/C21H22N2O4/c1-4-20(25)22-16-7-5-14(6-8-16)21(26)23-10-9-15-11-18(24)19(27-3)12-17(15)13(23)2/h4-8,11-13,24H,1,9-10H2,2-3H3,(H,22,25). The van der Waals surface area contributed by atoms with Crippen molar-refractivity contribution in [1.82, 2.24) is 4.90 Å². The maximum Gasteiger partial charge on any atom is 0.254 e. The smallest absolute Gasteiger partial charge is 0.254 e. The minimum absolute atomic E-state index is 0.0817. The number of hydrogen-bond acceptors (Lipinski definition) is 4. The van der Waals surface area contributed by atoms with Crippen LogP contribution in [0.3, 0.4) is 0 Å². The average molecular weight is 366 g/mol. The summed E-state index contributed by atoms with van der Waals surface area (Å²) >= 11 is 0. The largest absolute Gasteiger partial charge is 0.504 e. The van der Waals surface area contributed by atoms with Crippen LogP contribution in [0.2, 0.25) is 0 Å². The fourth-order valence-electron chi connectivity index (χ4n) is 3.33. The Labute approximate surface area is 158 Å². The van der Waals surface area contributed by atoms with Crippen LogP contribution in [0.4, 0.5) is 5.69 Å². The molecule has 140 valence electrons. The molecule has 0 aliphatic carbocycles. The molecule has 2 amide bonds. The second-order valence-electron chi connectivity index (χ2n) is 6.42. The molecule has 2 aromatic rings. The van der Waals surface area contributed by atoms with Gasteiger partial charge in [-0.1, -0.05) is 6.58 Å². The van der Waals surface area contributed by atoms with E-state index in [2.05, 4.69) is 11.9 Å². The van der Waals surface area contributed by atoms with E-state index >= 15 is 0 Å². The predicted octanol–water partition coefficient (Wildman–Crippen LogP) is 3.28. The molecule has 1 atom stereocenters. The first-order chi connectivity index (χ1) is 12.9. The number of anilines is 1. The molecule has 6 nitrogen and oxygen atoms in total. The van der Waals surface area contributed by atoms with Gasteiger partial charge in [0, 0.05) is 17.8 Å². The fourth-order valence-corrected chi connectivity index (χ4v) is 3.33. The van der Waals surface area contributed by atoms with E-state index in [1.165, 1.54) is 13.2 Å². The molecule has 0 bridgehead atoms. The average Bonchev–Trinajstić information content (AvgIpc) is 2.68. The van der Waals surface area contributed by atoms with Crippen LogP contribution >= 0.6 is 0 Å². The Bertz CT molecular complexity index is 890. The summed E-state index contributed by atoms with van der Waals surface area (Å²) in [6.07, 6.45) is 1.86. The molecular formula is C21H22N2O4. The van der Waals surface area contributed by atoms with Crippen LogP contribution in [-0.2, 0) is 11.2 Å². The number of phenolic OH excluding ortho intramolecular Hbond substituents is 1. The molecule has 3 rings (SSSR count). The Kier molecular flexibility index (Phi) is 5.16. The molecule has 27 heavy (non-hydrogen) atoms. The Morgan fingerprint density at radius 1 is 1.30 bits per heavy atom. The lowest BCUT2D eigenvalue weighted by molar-refractivity contribution is -0.111. The number of hydrogen-bond donors (Lipinski definition) is 2. The molecule has 2 aromatic carbocycles. The number of fused-ring (bicyclic) bond motifs is 1. The maximum absolute atomic E-state index is 13.0. The zero-order valence-electron chi connectivity index (χ0n) is 15.4. The highest BCUT2D eigenvalue weighted by Gasteiger charge is 2.29. The van der Waals surface area contributed by atoms with Crippen LogP contribution < -0.4 is 10.1 Å². The highest BCUT2D eigenvalue weighted by atomic mass is 16.5. The number of phenols is 1. The van der Waals surface area contributed by atoms with Gasteiger partial charge in [0.25, 0.3) is 5.91 Å². The normalized spacial score (nSPS) is 15.6. The molecule has 0 saturated heterocycles. The van der Waals surface area contributed by atoms with Crippen molar-refractivity contribution in [1.29, 1.82) is 0 Å². The van der Waals surface area contributed by atoms with Gasteiger partial charge >= 0.3 is 0 Å². The van der Waals surface area contributed by atoms with Crippen molar-refractivity contribution in [2.45, 2.75) is 19.4 Å². The third-order valence-corrected chi connectivity index (χ3v) is 4.83. The number of carbonyl (C=O) groups is 2. The maximum atomic E-state index is 13.0. The van der Waals surface area contributed by atoms with Crippen LogP contribution in [0.25, 0.3) is 0 Å². The lowest BCUT2D eigenvalue weighted by Crippen LogP contribution is -2.38. The van der Waals surface area contributed by atoms with E-state index in [1.54, 1.807) is 41.3 Å². The van der Waals surface area contributed by atoms with Gasteiger partial charge in [-0.3, -0.25) is 9.59 Å². The molecule has 1 heterocycles. The molecule has 0 spiro atoms. The van der Waals surface area contributed by atoms with E-state index in [9.17, 15) is 14.7 Å². The van der Waals surface area contributed by atoms with Gasteiger partial charge in [0.1, 0.15) is 0 Å². The number of amides is 2. The summed E-state index contributed by atoms with van der Waals surface area (Å²) < 4.78 is 5.20. The minimum Gasteiger partial charge on any atom is -0.504 e. The van der Waals surface area contributed by atoms with Gasteiger partial charge < -0.3 is 20.1 Å². The Hall–Kier alpha value is -3.28. The van der Waals surface area contributed by atoms with E-state index in [0.29, 0.717) is 30.0 Å². The molecule has 0 fully saturated rings. The van der Waals surface area contributed by atoms with E-state index in [4.69, 9.17) is 4.74 Å². The summed E-state index contributed by atoms with van der Waals surface area (Å²) in [5.41, 5.74) is 3.15. The van der Waals surface area contributed by atoms with Crippen molar-refractivity contribution < 1.29 is 19.4 Å². The molecule has 1 unspecified atom stereocenters. The number of rotatable bonds is 4. The second kappa shape index (κ2) is 7.53. The quantitative estimate of drug-likeness (QED) is 0.814. The third kappa shape index (κ3) is 3.65. The monoisotopic (exact) mass is 366 g/mol. The fraction of sp³-hybridized carbons (Fsp3) is 0.238. The van der Waals surface area contributed by atoms with Gasteiger partial charge in [-0.25, -0.2) is 0 Å². The first-order valence-electron chi connectivity index (χ1n) is 8.68. The number of nitrogens with one attached hydrogen (secondary N) is 1. The lowest BCUT2D eigenvalue weighted by atomic mass is 9.92. The Balaban J connectivity index is 1.81. The van der Waals surface area contributed by atoms with Gasteiger partial charge in [0.05, 0.1) is 13.2 Å². The van der Waals surface area contributed by atoms with Gasteiger partial charge in [-0.05, 0) is 66.9 Å². The summed E-state index contributed by atoms with van der Waals surface area (Å²) in [4.78, 5) is 26.1. The molecule has 0 radical (unpaired) electrons. The van der Waals surface area contributed by atoms with E-state index in [0.717, 1.165) is 11.1 Å². The van der Waals surface area contributed by atoms with Crippen LogP contribution in [0.15, 0.2) is 49.1 Å². The number of methoxy groups -OCH3 is 1. The minimum atomic E-state index is -0.299. The van der Waals surface area contributed by atoms with Crippen LogP contribution in [0.1, 0.15) is 34.5 Å². The van der Waals surface area contributed by atoms with Crippen molar-refractivity contribution in [3.05, 3.63) is 65.7 Å². The molecule has 2 N–H and O–H groups in total. The first-order valence-corrected chi connectivity index (χ1v) is 8.68. The molecule has 0 saturated carbocycles. The number of benzene rings is 2. The number of nitrogens with zero attached hydrogens (tertiary/aromatic N) is 1. The van der Waals surface area contributed by atoms with Crippen molar-refractivity contribution in [3.63, 3.8) is 0 Å². The summed E-state index contributed by atoms with van der Waals surface area (Å²) in [5, 5.41) is 12.6. The summed E-state index contributed by atoms with van der Waals surface area (Å²) in [6, 6.07) is 10.1. The van der Waals surface area contributed by atoms with E-state index < -0.39 is 0 Å². The first kappa shape index (κ1) is 18.5. The van der Waals surface area contributed by atoms with Gasteiger partial charge in [-0.15, -0.1) is 0 Å². The molecule has 1 aliphatic heterocycles. The van der Waals surface area contributed by atoms with Gasteiger partial charge in [0.2, 0.25) is 5.91 Å². The molecule has 6 heteroatoms.